The van der Waals surface area contributed by atoms with Crippen molar-refractivity contribution >= 4 is 21.7 Å². The van der Waals surface area contributed by atoms with Gasteiger partial charge in [-0.1, -0.05) is 13.0 Å². The zero-order chi connectivity index (χ0) is 21.2. The lowest BCUT2D eigenvalue weighted by atomic mass is 9.99. The second kappa shape index (κ2) is 8.51. The Bertz CT molecular complexity index is 853. The van der Waals surface area contributed by atoms with Crippen molar-refractivity contribution in [2.45, 2.75) is 51.6 Å². The first kappa shape index (κ1) is 21.9. The fraction of sp³-hybridized carbons (Fsp3) is 0.632. The van der Waals surface area contributed by atoms with Crippen molar-refractivity contribution < 1.29 is 26.4 Å². The number of amides is 2. The molecule has 3 rings (SSSR count). The Balaban J connectivity index is 1.60. The summed E-state index contributed by atoms with van der Waals surface area (Å²) in [6.07, 6.45) is 1.29. The number of rotatable bonds is 7. The number of hydrogen-bond donors (Lipinski definition) is 3. The first-order valence-corrected chi connectivity index (χ1v) is 11.4. The number of alkyl halides is 3. The van der Waals surface area contributed by atoms with Crippen molar-refractivity contribution in [3.05, 3.63) is 28.3 Å². The van der Waals surface area contributed by atoms with Crippen LogP contribution in [0.2, 0.25) is 0 Å². The van der Waals surface area contributed by atoms with Gasteiger partial charge in [-0.05, 0) is 73.2 Å². The van der Waals surface area contributed by atoms with Crippen molar-refractivity contribution in [3.8, 4) is 0 Å². The monoisotopic (exact) mass is 433 g/mol. The minimum absolute atomic E-state index is 0.123. The highest BCUT2D eigenvalue weighted by molar-refractivity contribution is 7.90. The number of hydrogen-bond acceptors (Lipinski definition) is 4. The number of sulfonamides is 1. The number of fused-ring (bicyclic) bond motifs is 2. The summed E-state index contributed by atoms with van der Waals surface area (Å²) in [5, 5.41) is 4.92. The van der Waals surface area contributed by atoms with Gasteiger partial charge in [-0.25, -0.2) is 17.9 Å². The first-order valence-electron chi connectivity index (χ1n) is 9.79. The lowest BCUT2D eigenvalue weighted by Crippen LogP contribution is -2.40. The number of nitrogens with one attached hydrogen (secondary N) is 3. The molecule has 6 nitrogen and oxygen atoms in total. The number of anilines is 1. The van der Waals surface area contributed by atoms with Gasteiger partial charge in [0.25, 0.3) is 0 Å². The van der Waals surface area contributed by atoms with E-state index in [4.69, 9.17) is 0 Å². The average molecular weight is 433 g/mol. The van der Waals surface area contributed by atoms with Crippen LogP contribution in [0, 0.1) is 5.92 Å². The molecular formula is C19H26F3N3O3S. The smallest absolute Gasteiger partial charge is 0.308 e. The molecule has 2 aliphatic carbocycles. The zero-order valence-electron chi connectivity index (χ0n) is 16.3. The number of aryl methyl sites for hydroxylation is 2. The molecule has 3 N–H and O–H groups in total. The molecular weight excluding hydrogens is 407 g/mol. The molecule has 2 amide bonds. The predicted octanol–water partition coefficient (Wildman–Crippen LogP) is 2.90. The molecule has 0 saturated heterocycles. The van der Waals surface area contributed by atoms with Crippen LogP contribution < -0.4 is 15.4 Å². The van der Waals surface area contributed by atoms with Crippen LogP contribution in [-0.4, -0.2) is 39.5 Å². The van der Waals surface area contributed by atoms with E-state index in [2.05, 4.69) is 16.7 Å². The van der Waals surface area contributed by atoms with Crippen LogP contribution in [0.15, 0.2) is 6.07 Å². The summed E-state index contributed by atoms with van der Waals surface area (Å²) in [4.78, 5) is 12.4. The van der Waals surface area contributed by atoms with Crippen LogP contribution in [0.5, 0.6) is 0 Å². The zero-order valence-corrected chi connectivity index (χ0v) is 17.1. The lowest BCUT2D eigenvalue weighted by Gasteiger charge is -2.18. The largest absolute Gasteiger partial charge is 0.401 e. The molecule has 1 aromatic carbocycles. The van der Waals surface area contributed by atoms with Crippen LogP contribution in [0.3, 0.4) is 0 Å². The maximum atomic E-state index is 12.4. The second-order valence-corrected chi connectivity index (χ2v) is 9.69. The van der Waals surface area contributed by atoms with Gasteiger partial charge in [0.15, 0.2) is 0 Å². The molecule has 29 heavy (non-hydrogen) atoms. The standard InChI is InChI=1S/C19H26F3N3O3S/c1-12(9-23-11-19(20,21)22)10-29(27,28)25-18(26)24-17-15-6-2-4-13(15)8-14-5-3-7-16(14)17/h8,12,23H,2-7,9-11H2,1H3,(H2,24,25,26). The van der Waals surface area contributed by atoms with Crippen LogP contribution >= 0.6 is 0 Å². The van der Waals surface area contributed by atoms with Crippen molar-refractivity contribution in [2.24, 2.45) is 5.92 Å². The fourth-order valence-corrected chi connectivity index (χ4v) is 5.47. The summed E-state index contributed by atoms with van der Waals surface area (Å²) in [5.41, 5.74) is 5.34. The van der Waals surface area contributed by atoms with E-state index in [1.165, 1.54) is 18.1 Å². The van der Waals surface area contributed by atoms with Crippen LogP contribution in [0.25, 0.3) is 0 Å². The van der Waals surface area contributed by atoms with Crippen LogP contribution in [0.4, 0.5) is 23.7 Å². The molecule has 0 spiro atoms. The van der Waals surface area contributed by atoms with E-state index in [0.717, 1.165) is 55.3 Å². The minimum Gasteiger partial charge on any atom is -0.308 e. The van der Waals surface area contributed by atoms with Crippen molar-refractivity contribution in [3.63, 3.8) is 0 Å². The molecule has 0 fully saturated rings. The van der Waals surface area contributed by atoms with E-state index in [0.29, 0.717) is 0 Å². The number of urea groups is 1. The Morgan fingerprint density at radius 1 is 1.10 bits per heavy atom. The van der Waals surface area contributed by atoms with Crippen molar-refractivity contribution in [1.29, 1.82) is 0 Å². The second-order valence-electron chi connectivity index (χ2n) is 7.92. The van der Waals surface area contributed by atoms with Gasteiger partial charge in [0.05, 0.1) is 12.3 Å². The third-order valence-electron chi connectivity index (χ3n) is 5.28. The van der Waals surface area contributed by atoms with Gasteiger partial charge < -0.3 is 10.6 Å². The fourth-order valence-electron chi connectivity index (χ4n) is 4.18. The van der Waals surface area contributed by atoms with E-state index < -0.39 is 40.4 Å². The van der Waals surface area contributed by atoms with E-state index in [9.17, 15) is 26.4 Å². The summed E-state index contributed by atoms with van der Waals surface area (Å²) < 4.78 is 63.0. The summed E-state index contributed by atoms with van der Waals surface area (Å²) in [7, 11) is -3.98. The molecule has 0 saturated carbocycles. The van der Waals surface area contributed by atoms with Gasteiger partial charge in [-0.15, -0.1) is 0 Å². The highest BCUT2D eigenvalue weighted by atomic mass is 32.2. The first-order chi connectivity index (χ1) is 13.5. The normalized spacial score (nSPS) is 17.0. The number of carbonyl (C=O) groups excluding carboxylic acids is 1. The minimum atomic E-state index is -4.35. The molecule has 10 heteroatoms. The number of carbonyl (C=O) groups is 1. The van der Waals surface area contributed by atoms with Gasteiger partial charge in [-0.3, -0.25) is 0 Å². The number of halogens is 3. The highest BCUT2D eigenvalue weighted by Gasteiger charge is 2.28. The summed E-state index contributed by atoms with van der Waals surface area (Å²) in [6.45, 7) is 0.203. The van der Waals surface area contributed by atoms with Crippen molar-refractivity contribution in [2.75, 3.05) is 24.2 Å². The Morgan fingerprint density at radius 3 is 2.24 bits per heavy atom. The quantitative estimate of drug-likeness (QED) is 0.617. The maximum absolute atomic E-state index is 12.4. The van der Waals surface area contributed by atoms with E-state index >= 15 is 0 Å². The molecule has 2 aliphatic rings. The van der Waals surface area contributed by atoms with Gasteiger partial charge in [0, 0.05) is 5.69 Å². The molecule has 0 radical (unpaired) electrons. The topological polar surface area (TPSA) is 87.3 Å². The average Bonchev–Trinajstić information content (AvgIpc) is 3.20. The van der Waals surface area contributed by atoms with Gasteiger partial charge in [-0.2, -0.15) is 13.2 Å². The van der Waals surface area contributed by atoms with Crippen LogP contribution in [-0.2, 0) is 35.7 Å². The molecule has 0 aliphatic heterocycles. The Labute approximate surface area is 168 Å². The SMILES string of the molecule is CC(CNCC(F)(F)F)CS(=O)(=O)NC(=O)Nc1c2c(cc3c1CCC3)CCC2. The van der Waals surface area contributed by atoms with Crippen molar-refractivity contribution in [1.82, 2.24) is 10.0 Å². The maximum Gasteiger partial charge on any atom is 0.401 e. The van der Waals surface area contributed by atoms with E-state index in [-0.39, 0.29) is 6.54 Å². The molecule has 0 heterocycles. The van der Waals surface area contributed by atoms with Gasteiger partial charge >= 0.3 is 12.2 Å². The Morgan fingerprint density at radius 2 is 1.69 bits per heavy atom. The summed E-state index contributed by atoms with van der Waals surface area (Å²) in [6, 6.07) is 1.38. The summed E-state index contributed by atoms with van der Waals surface area (Å²) >= 11 is 0. The molecule has 1 atom stereocenters. The molecule has 162 valence electrons. The van der Waals surface area contributed by atoms with E-state index in [1.807, 2.05) is 4.72 Å². The number of benzene rings is 1. The molecule has 1 unspecified atom stereocenters. The lowest BCUT2D eigenvalue weighted by molar-refractivity contribution is -0.124. The Hall–Kier alpha value is -1.81. The third kappa shape index (κ3) is 5.85. The molecule has 0 bridgehead atoms. The van der Waals surface area contributed by atoms with E-state index in [1.54, 1.807) is 0 Å². The van der Waals surface area contributed by atoms with Gasteiger partial charge in [0.2, 0.25) is 10.0 Å². The predicted molar refractivity (Wildman–Crippen MR) is 105 cm³/mol. The third-order valence-corrected chi connectivity index (χ3v) is 6.79. The molecule has 1 aromatic rings. The van der Waals surface area contributed by atoms with Crippen LogP contribution in [0.1, 0.15) is 42.0 Å². The molecule has 0 aromatic heterocycles. The summed E-state index contributed by atoms with van der Waals surface area (Å²) in [5.74, 6) is -1.04. The highest BCUT2D eigenvalue weighted by Crippen LogP contribution is 2.38. The van der Waals surface area contributed by atoms with Gasteiger partial charge in [0.1, 0.15) is 0 Å². The Kier molecular flexibility index (Phi) is 6.42.